The highest BCUT2D eigenvalue weighted by molar-refractivity contribution is 5.28. The summed E-state index contributed by atoms with van der Waals surface area (Å²) in [5.74, 6) is 0.987. The molecule has 0 spiro atoms. The van der Waals surface area contributed by atoms with Crippen molar-refractivity contribution in [1.82, 2.24) is 25.1 Å². The topological polar surface area (TPSA) is 58.5 Å². The Labute approximate surface area is 81.2 Å². The maximum atomic E-state index is 4.37. The largest absolute Gasteiger partial charge is 0.311 e. The summed E-state index contributed by atoms with van der Waals surface area (Å²) in [6.07, 6.45) is 4.63. The van der Waals surface area contributed by atoms with Gasteiger partial charge < -0.3 is 5.32 Å². The van der Waals surface area contributed by atoms with Crippen molar-refractivity contribution in [2.24, 2.45) is 0 Å². The highest BCUT2D eigenvalue weighted by Gasteiger charge is 2.15. The van der Waals surface area contributed by atoms with E-state index in [-0.39, 0.29) is 0 Å². The molecule has 1 aliphatic rings. The van der Waals surface area contributed by atoms with Crippen LogP contribution in [-0.2, 0) is 13.0 Å². The highest BCUT2D eigenvalue weighted by Crippen LogP contribution is 2.15. The van der Waals surface area contributed by atoms with E-state index in [4.69, 9.17) is 0 Å². The van der Waals surface area contributed by atoms with Crippen LogP contribution in [0, 0.1) is 0 Å². The number of fused-ring (bicyclic) bond motifs is 1. The number of aromatic amines is 1. The van der Waals surface area contributed by atoms with Crippen LogP contribution in [0.2, 0.25) is 0 Å². The van der Waals surface area contributed by atoms with Gasteiger partial charge in [-0.3, -0.25) is 9.67 Å². The molecule has 5 nitrogen and oxygen atoms in total. The van der Waals surface area contributed by atoms with Crippen LogP contribution in [0.3, 0.4) is 0 Å². The van der Waals surface area contributed by atoms with Gasteiger partial charge in [0, 0.05) is 31.3 Å². The van der Waals surface area contributed by atoms with Crippen molar-refractivity contribution < 1.29 is 0 Å². The van der Waals surface area contributed by atoms with E-state index in [9.17, 15) is 0 Å². The van der Waals surface area contributed by atoms with Crippen molar-refractivity contribution in [3.8, 4) is 5.82 Å². The first kappa shape index (κ1) is 7.75. The standard InChI is InChI=1S/C9H11N5/c1-3-10-5-7-8(1)14(6-11-7)9-2-4-12-13-9/h2,4,6,10H,1,3,5H2,(H,12,13). The first-order valence-electron chi connectivity index (χ1n) is 4.71. The lowest BCUT2D eigenvalue weighted by Crippen LogP contribution is -2.24. The Balaban J connectivity index is 2.11. The monoisotopic (exact) mass is 189 g/mol. The molecule has 2 N–H and O–H groups in total. The average molecular weight is 189 g/mol. The first-order chi connectivity index (χ1) is 6.95. The zero-order valence-electron chi connectivity index (χ0n) is 7.70. The van der Waals surface area contributed by atoms with Gasteiger partial charge in [-0.05, 0) is 0 Å². The number of rotatable bonds is 1. The maximum absolute atomic E-state index is 4.37. The molecule has 0 saturated heterocycles. The quantitative estimate of drug-likeness (QED) is 0.675. The van der Waals surface area contributed by atoms with E-state index in [0.717, 1.165) is 31.0 Å². The van der Waals surface area contributed by atoms with E-state index in [2.05, 4.69) is 25.1 Å². The Bertz CT molecular complexity index is 428. The van der Waals surface area contributed by atoms with Crippen LogP contribution >= 0.6 is 0 Å². The predicted octanol–water partition coefficient (Wildman–Crippen LogP) is 0.241. The number of hydrogen-bond acceptors (Lipinski definition) is 3. The molecule has 0 saturated carbocycles. The van der Waals surface area contributed by atoms with Gasteiger partial charge >= 0.3 is 0 Å². The molecule has 2 aromatic heterocycles. The Morgan fingerprint density at radius 2 is 2.43 bits per heavy atom. The number of imidazole rings is 1. The fourth-order valence-electron chi connectivity index (χ4n) is 1.83. The van der Waals surface area contributed by atoms with Gasteiger partial charge in [-0.15, -0.1) is 0 Å². The summed E-state index contributed by atoms with van der Waals surface area (Å²) in [7, 11) is 0. The lowest BCUT2D eigenvalue weighted by molar-refractivity contribution is 0.619. The molecule has 0 atom stereocenters. The summed E-state index contributed by atoms with van der Waals surface area (Å²) in [5, 5.41) is 10.2. The normalized spacial score (nSPS) is 15.4. The Kier molecular flexibility index (Phi) is 1.63. The van der Waals surface area contributed by atoms with Crippen LogP contribution in [0.5, 0.6) is 0 Å². The average Bonchev–Trinajstić information content (AvgIpc) is 2.85. The first-order valence-corrected chi connectivity index (χ1v) is 4.71. The van der Waals surface area contributed by atoms with E-state index >= 15 is 0 Å². The van der Waals surface area contributed by atoms with Gasteiger partial charge in [0.1, 0.15) is 12.1 Å². The molecule has 14 heavy (non-hydrogen) atoms. The van der Waals surface area contributed by atoms with E-state index in [1.54, 1.807) is 6.20 Å². The van der Waals surface area contributed by atoms with Crippen LogP contribution in [0.1, 0.15) is 11.4 Å². The number of nitrogens with one attached hydrogen (secondary N) is 2. The van der Waals surface area contributed by atoms with Crippen molar-refractivity contribution in [1.29, 1.82) is 0 Å². The molecule has 0 radical (unpaired) electrons. The number of nitrogens with zero attached hydrogens (tertiary/aromatic N) is 3. The van der Waals surface area contributed by atoms with Gasteiger partial charge in [-0.2, -0.15) is 5.10 Å². The zero-order chi connectivity index (χ0) is 9.38. The SMILES string of the molecule is c1cc(-n2cnc3c2CCNC3)[nH]n1. The van der Waals surface area contributed by atoms with Crippen LogP contribution in [0.4, 0.5) is 0 Å². The summed E-state index contributed by atoms with van der Waals surface area (Å²) in [6, 6.07) is 1.95. The van der Waals surface area contributed by atoms with Crippen LogP contribution in [0.15, 0.2) is 18.6 Å². The smallest absolute Gasteiger partial charge is 0.133 e. The van der Waals surface area contributed by atoms with Crippen molar-refractivity contribution in [2.75, 3.05) is 6.54 Å². The van der Waals surface area contributed by atoms with Crippen molar-refractivity contribution in [2.45, 2.75) is 13.0 Å². The Hall–Kier alpha value is -1.62. The van der Waals surface area contributed by atoms with Gasteiger partial charge in [0.15, 0.2) is 0 Å². The summed E-state index contributed by atoms with van der Waals surface area (Å²) in [6.45, 7) is 1.89. The van der Waals surface area contributed by atoms with E-state index in [1.807, 2.05) is 12.4 Å². The second kappa shape index (κ2) is 2.95. The molecule has 5 heteroatoms. The zero-order valence-corrected chi connectivity index (χ0v) is 7.70. The molecule has 0 aliphatic carbocycles. The van der Waals surface area contributed by atoms with Gasteiger partial charge in [0.2, 0.25) is 0 Å². The maximum Gasteiger partial charge on any atom is 0.133 e. The molecule has 2 aromatic rings. The summed E-state index contributed by atoms with van der Waals surface area (Å²) >= 11 is 0. The minimum Gasteiger partial charge on any atom is -0.311 e. The highest BCUT2D eigenvalue weighted by atomic mass is 15.2. The molecule has 72 valence electrons. The van der Waals surface area contributed by atoms with Gasteiger partial charge in [-0.25, -0.2) is 4.98 Å². The third-order valence-corrected chi connectivity index (χ3v) is 2.53. The fraction of sp³-hybridized carbons (Fsp3) is 0.333. The van der Waals surface area contributed by atoms with E-state index in [0.29, 0.717) is 0 Å². The molecule has 0 fully saturated rings. The van der Waals surface area contributed by atoms with Crippen molar-refractivity contribution >= 4 is 0 Å². The van der Waals surface area contributed by atoms with E-state index in [1.165, 1.54) is 5.69 Å². The van der Waals surface area contributed by atoms with Gasteiger partial charge in [-0.1, -0.05) is 0 Å². The van der Waals surface area contributed by atoms with E-state index < -0.39 is 0 Å². The minimum atomic E-state index is 0.871. The second-order valence-corrected chi connectivity index (χ2v) is 3.38. The molecular weight excluding hydrogens is 178 g/mol. The third-order valence-electron chi connectivity index (χ3n) is 2.53. The van der Waals surface area contributed by atoms with Crippen LogP contribution in [0.25, 0.3) is 5.82 Å². The fourth-order valence-corrected chi connectivity index (χ4v) is 1.83. The molecule has 3 rings (SSSR count). The molecule has 0 aromatic carbocycles. The third kappa shape index (κ3) is 1.06. The van der Waals surface area contributed by atoms with Crippen LogP contribution < -0.4 is 5.32 Å². The summed E-state index contributed by atoms with van der Waals surface area (Å²) in [5.41, 5.74) is 2.43. The number of H-pyrrole nitrogens is 1. The Morgan fingerprint density at radius 1 is 1.43 bits per heavy atom. The van der Waals surface area contributed by atoms with Crippen LogP contribution in [-0.4, -0.2) is 26.3 Å². The number of hydrogen-bond donors (Lipinski definition) is 2. The van der Waals surface area contributed by atoms with Crippen molar-refractivity contribution in [3.63, 3.8) is 0 Å². The predicted molar refractivity (Wildman–Crippen MR) is 51.1 cm³/mol. The lowest BCUT2D eigenvalue weighted by atomic mass is 10.2. The molecule has 3 heterocycles. The molecule has 1 aliphatic heterocycles. The molecule has 0 unspecified atom stereocenters. The Morgan fingerprint density at radius 3 is 3.29 bits per heavy atom. The molecule has 0 bridgehead atoms. The molecule has 0 amide bonds. The van der Waals surface area contributed by atoms with Crippen molar-refractivity contribution in [3.05, 3.63) is 30.0 Å². The minimum absolute atomic E-state index is 0.871. The molecular formula is C9H11N5. The summed E-state index contributed by atoms with van der Waals surface area (Å²) < 4.78 is 2.07. The lowest BCUT2D eigenvalue weighted by Gasteiger charge is -2.13. The van der Waals surface area contributed by atoms with Gasteiger partial charge in [0.25, 0.3) is 0 Å². The van der Waals surface area contributed by atoms with Gasteiger partial charge in [0.05, 0.1) is 11.9 Å². The summed E-state index contributed by atoms with van der Waals surface area (Å²) in [4.78, 5) is 4.37. The number of aromatic nitrogens is 4. The second-order valence-electron chi connectivity index (χ2n) is 3.38.